The van der Waals surface area contributed by atoms with Gasteiger partial charge in [-0.2, -0.15) is 0 Å². The number of hydrogen-bond donors (Lipinski definition) is 1. The van der Waals surface area contributed by atoms with Crippen molar-refractivity contribution in [3.05, 3.63) is 29.8 Å². The van der Waals surface area contributed by atoms with Crippen LogP contribution in [0.3, 0.4) is 0 Å². The summed E-state index contributed by atoms with van der Waals surface area (Å²) < 4.78 is 0. The number of amides is 2. The van der Waals surface area contributed by atoms with Crippen molar-refractivity contribution < 1.29 is 9.90 Å². The number of aliphatic hydroxyl groups excluding tert-OH is 1. The maximum absolute atomic E-state index is 11.9. The summed E-state index contributed by atoms with van der Waals surface area (Å²) in [7, 11) is 3.46. The molecule has 0 bridgehead atoms. The van der Waals surface area contributed by atoms with Crippen molar-refractivity contribution in [3.63, 3.8) is 0 Å². The Labute approximate surface area is 95.1 Å². The second-order valence-corrected chi connectivity index (χ2v) is 4.19. The lowest BCUT2D eigenvalue weighted by Crippen LogP contribution is -2.42. The van der Waals surface area contributed by atoms with E-state index in [1.54, 1.807) is 23.9 Å². The summed E-state index contributed by atoms with van der Waals surface area (Å²) >= 11 is 0. The number of anilines is 1. The van der Waals surface area contributed by atoms with Crippen molar-refractivity contribution in [1.29, 1.82) is 0 Å². The highest BCUT2D eigenvalue weighted by molar-refractivity contribution is 5.93. The van der Waals surface area contributed by atoms with Crippen LogP contribution < -0.4 is 4.90 Å². The number of urea groups is 1. The van der Waals surface area contributed by atoms with E-state index in [1.165, 1.54) is 0 Å². The third-order valence-electron chi connectivity index (χ3n) is 2.83. The topological polar surface area (TPSA) is 43.8 Å². The minimum atomic E-state index is -0.456. The Bertz CT molecular complexity index is 404. The summed E-state index contributed by atoms with van der Waals surface area (Å²) in [5, 5.41) is 9.85. The van der Waals surface area contributed by atoms with Crippen LogP contribution in [0.5, 0.6) is 0 Å². The van der Waals surface area contributed by atoms with Crippen molar-refractivity contribution in [1.82, 2.24) is 4.90 Å². The zero-order valence-corrected chi connectivity index (χ0v) is 9.55. The third-order valence-corrected chi connectivity index (χ3v) is 2.83. The minimum absolute atomic E-state index is 0.0423. The molecule has 4 nitrogen and oxygen atoms in total. The van der Waals surface area contributed by atoms with Gasteiger partial charge in [0, 0.05) is 26.2 Å². The lowest BCUT2D eigenvalue weighted by molar-refractivity contribution is 0.162. The average molecular weight is 220 g/mol. The lowest BCUT2D eigenvalue weighted by atomic mass is 9.99. The zero-order chi connectivity index (χ0) is 11.7. The Morgan fingerprint density at radius 3 is 2.81 bits per heavy atom. The van der Waals surface area contributed by atoms with Gasteiger partial charge in [-0.1, -0.05) is 18.2 Å². The number of aliphatic hydroxyl groups is 1. The molecule has 0 radical (unpaired) electrons. The Kier molecular flexibility index (Phi) is 2.83. The summed E-state index contributed by atoms with van der Waals surface area (Å²) in [4.78, 5) is 15.2. The maximum atomic E-state index is 11.9. The van der Waals surface area contributed by atoms with E-state index in [4.69, 9.17) is 0 Å². The van der Waals surface area contributed by atoms with Crippen molar-refractivity contribution in [3.8, 4) is 0 Å². The van der Waals surface area contributed by atoms with Gasteiger partial charge in [0.05, 0.1) is 11.8 Å². The van der Waals surface area contributed by atoms with E-state index < -0.39 is 6.10 Å². The van der Waals surface area contributed by atoms with Crippen LogP contribution in [0.25, 0.3) is 0 Å². The normalized spacial score (nSPS) is 19.2. The van der Waals surface area contributed by atoms with Gasteiger partial charge < -0.3 is 10.0 Å². The standard InChI is InChI=1S/C12H16N2O2/c1-13(2)12(16)14-8-7-11(15)9-5-3-4-6-10(9)14/h3-6,11,15H,7-8H2,1-2H3. The first kappa shape index (κ1) is 11.0. The van der Waals surface area contributed by atoms with Crippen molar-refractivity contribution >= 4 is 11.7 Å². The molecule has 1 atom stereocenters. The molecule has 0 fully saturated rings. The van der Waals surface area contributed by atoms with E-state index in [0.717, 1.165) is 11.3 Å². The molecule has 1 aliphatic rings. The monoisotopic (exact) mass is 220 g/mol. The van der Waals surface area contributed by atoms with E-state index in [-0.39, 0.29) is 6.03 Å². The van der Waals surface area contributed by atoms with Crippen LogP contribution in [0.4, 0.5) is 10.5 Å². The second-order valence-electron chi connectivity index (χ2n) is 4.19. The Morgan fingerprint density at radius 1 is 1.44 bits per heavy atom. The highest BCUT2D eigenvalue weighted by Crippen LogP contribution is 2.33. The summed E-state index contributed by atoms with van der Waals surface area (Å²) in [6.07, 6.45) is 0.138. The van der Waals surface area contributed by atoms with Crippen LogP contribution in [0.15, 0.2) is 24.3 Å². The molecular formula is C12H16N2O2. The first-order valence-corrected chi connectivity index (χ1v) is 5.37. The number of hydrogen-bond acceptors (Lipinski definition) is 2. The summed E-state index contributed by atoms with van der Waals surface area (Å²) in [6, 6.07) is 7.46. The number of carbonyl (C=O) groups excluding carboxylic acids is 1. The predicted molar refractivity (Wildman–Crippen MR) is 62.4 cm³/mol. The summed E-state index contributed by atoms with van der Waals surface area (Å²) in [5.41, 5.74) is 1.66. The number of fused-ring (bicyclic) bond motifs is 1. The average Bonchev–Trinajstić information content (AvgIpc) is 2.29. The van der Waals surface area contributed by atoms with Crippen molar-refractivity contribution in [2.45, 2.75) is 12.5 Å². The van der Waals surface area contributed by atoms with Gasteiger partial charge in [0.25, 0.3) is 0 Å². The second kappa shape index (κ2) is 4.14. The van der Waals surface area contributed by atoms with Crippen LogP contribution >= 0.6 is 0 Å². The van der Waals surface area contributed by atoms with Gasteiger partial charge in [0.15, 0.2) is 0 Å². The molecule has 0 aromatic heterocycles. The molecule has 16 heavy (non-hydrogen) atoms. The molecule has 1 aromatic carbocycles. The fourth-order valence-electron chi connectivity index (χ4n) is 1.98. The van der Waals surface area contributed by atoms with Crippen LogP contribution in [0.1, 0.15) is 18.1 Å². The minimum Gasteiger partial charge on any atom is -0.388 e. The zero-order valence-electron chi connectivity index (χ0n) is 9.55. The van der Waals surface area contributed by atoms with E-state index in [9.17, 15) is 9.90 Å². The van der Waals surface area contributed by atoms with E-state index >= 15 is 0 Å². The lowest BCUT2D eigenvalue weighted by Gasteiger charge is -2.33. The predicted octanol–water partition coefficient (Wildman–Crippen LogP) is 1.61. The van der Waals surface area contributed by atoms with E-state index in [2.05, 4.69) is 0 Å². The Balaban J connectivity index is 2.38. The Morgan fingerprint density at radius 2 is 2.12 bits per heavy atom. The molecule has 0 saturated heterocycles. The van der Waals surface area contributed by atoms with Crippen molar-refractivity contribution in [2.24, 2.45) is 0 Å². The van der Waals surface area contributed by atoms with Gasteiger partial charge >= 0.3 is 6.03 Å². The van der Waals surface area contributed by atoms with Crippen LogP contribution in [0, 0.1) is 0 Å². The van der Waals surface area contributed by atoms with E-state index in [1.807, 2.05) is 24.3 Å². The van der Waals surface area contributed by atoms with Gasteiger partial charge in [-0.05, 0) is 12.5 Å². The fraction of sp³-hybridized carbons (Fsp3) is 0.417. The van der Waals surface area contributed by atoms with Gasteiger partial charge in [-0.25, -0.2) is 4.79 Å². The molecule has 1 heterocycles. The largest absolute Gasteiger partial charge is 0.388 e. The van der Waals surface area contributed by atoms with Gasteiger partial charge in [0.1, 0.15) is 0 Å². The smallest absolute Gasteiger partial charge is 0.323 e. The molecule has 1 aromatic rings. The molecular weight excluding hydrogens is 204 g/mol. The first-order chi connectivity index (χ1) is 7.61. The van der Waals surface area contributed by atoms with Crippen LogP contribution in [-0.4, -0.2) is 36.7 Å². The number of para-hydroxylation sites is 1. The van der Waals surface area contributed by atoms with E-state index in [0.29, 0.717) is 13.0 Å². The molecule has 0 saturated carbocycles. The van der Waals surface area contributed by atoms with Gasteiger partial charge in [0.2, 0.25) is 0 Å². The number of carbonyl (C=O) groups is 1. The highest BCUT2D eigenvalue weighted by atomic mass is 16.3. The van der Waals surface area contributed by atoms with Gasteiger partial charge in [-0.3, -0.25) is 4.90 Å². The van der Waals surface area contributed by atoms with Crippen molar-refractivity contribution in [2.75, 3.05) is 25.5 Å². The molecule has 1 N–H and O–H groups in total. The SMILES string of the molecule is CN(C)C(=O)N1CCC(O)c2ccccc21. The fourth-order valence-corrected chi connectivity index (χ4v) is 1.98. The highest BCUT2D eigenvalue weighted by Gasteiger charge is 2.27. The number of rotatable bonds is 0. The first-order valence-electron chi connectivity index (χ1n) is 5.37. The molecule has 2 amide bonds. The van der Waals surface area contributed by atoms with Crippen LogP contribution in [-0.2, 0) is 0 Å². The molecule has 1 unspecified atom stereocenters. The number of nitrogens with zero attached hydrogens (tertiary/aromatic N) is 2. The molecule has 4 heteroatoms. The maximum Gasteiger partial charge on any atom is 0.323 e. The molecule has 86 valence electrons. The Hall–Kier alpha value is -1.55. The molecule has 0 spiro atoms. The molecule has 1 aliphatic heterocycles. The quantitative estimate of drug-likeness (QED) is 0.722. The number of benzene rings is 1. The molecule has 0 aliphatic carbocycles. The third kappa shape index (κ3) is 1.76. The summed E-state index contributed by atoms with van der Waals surface area (Å²) in [6.45, 7) is 0.565. The molecule has 2 rings (SSSR count). The van der Waals surface area contributed by atoms with Crippen LogP contribution in [0.2, 0.25) is 0 Å². The van der Waals surface area contributed by atoms with Gasteiger partial charge in [-0.15, -0.1) is 0 Å². The summed E-state index contributed by atoms with van der Waals surface area (Å²) in [5.74, 6) is 0.